The van der Waals surface area contributed by atoms with Crippen molar-refractivity contribution in [3.63, 3.8) is 0 Å². The van der Waals surface area contributed by atoms with E-state index < -0.39 is 0 Å². The van der Waals surface area contributed by atoms with E-state index in [0.29, 0.717) is 13.1 Å². The van der Waals surface area contributed by atoms with E-state index in [1.165, 1.54) is 5.56 Å². The highest BCUT2D eigenvalue weighted by atomic mass is 16.3. The maximum atomic E-state index is 8.86. The van der Waals surface area contributed by atoms with E-state index in [1.54, 1.807) is 0 Å². The number of aliphatic hydroxyl groups excluding tert-OH is 2. The molecule has 3 heteroatoms. The standard InChI is InChI=1S/C11H17NO2/c1-10-2-4-11(5-3-10)12(6-8-13)7-9-14/h2-5,13-14H,6-9H2,1H3/q+1. The van der Waals surface area contributed by atoms with Gasteiger partial charge in [0.25, 0.3) is 0 Å². The quantitative estimate of drug-likeness (QED) is 0.681. The van der Waals surface area contributed by atoms with E-state index in [4.69, 9.17) is 10.2 Å². The summed E-state index contributed by atoms with van der Waals surface area (Å²) < 4.78 is 0. The van der Waals surface area contributed by atoms with Crippen molar-refractivity contribution in [1.29, 1.82) is 0 Å². The van der Waals surface area contributed by atoms with Crippen LogP contribution in [0.25, 0.3) is 0 Å². The van der Waals surface area contributed by atoms with E-state index in [2.05, 4.69) is 0 Å². The van der Waals surface area contributed by atoms with Crippen LogP contribution in [0.1, 0.15) is 5.56 Å². The zero-order chi connectivity index (χ0) is 10.4. The summed E-state index contributed by atoms with van der Waals surface area (Å²) in [5, 5.41) is 17.7. The predicted molar refractivity (Wildman–Crippen MR) is 56.9 cm³/mol. The summed E-state index contributed by atoms with van der Waals surface area (Å²) in [5.41, 5.74) is 2.25. The molecular formula is C11H17NO2+. The van der Waals surface area contributed by atoms with Crippen LogP contribution in [0.15, 0.2) is 24.3 Å². The fraction of sp³-hybridized carbons (Fsp3) is 0.455. The Hall–Kier alpha value is -0.900. The number of aryl methyl sites for hydroxylation is 1. The van der Waals surface area contributed by atoms with Crippen molar-refractivity contribution in [2.75, 3.05) is 26.3 Å². The first-order valence-corrected chi connectivity index (χ1v) is 4.81. The van der Waals surface area contributed by atoms with Crippen LogP contribution >= 0.6 is 0 Å². The number of hydrogen-bond acceptors (Lipinski definition) is 3. The lowest BCUT2D eigenvalue weighted by molar-refractivity contribution is 0.242. The maximum absolute atomic E-state index is 8.86. The second kappa shape index (κ2) is 5.75. The van der Waals surface area contributed by atoms with Gasteiger partial charge in [0.05, 0.1) is 13.2 Å². The molecule has 0 saturated heterocycles. The number of hydrogen-bond donors (Lipinski definition) is 2. The van der Waals surface area contributed by atoms with Crippen LogP contribution in [0.2, 0.25) is 0 Å². The first kappa shape index (κ1) is 11.2. The molecule has 0 atom stereocenters. The molecule has 14 heavy (non-hydrogen) atoms. The van der Waals surface area contributed by atoms with Gasteiger partial charge >= 0.3 is 0 Å². The maximum Gasteiger partial charge on any atom is 0.180 e. The minimum Gasteiger partial charge on any atom is -0.390 e. The number of nitrogens with zero attached hydrogens (tertiary/aromatic N) is 1. The Bertz CT molecular complexity index is 252. The minimum absolute atomic E-state index is 0.105. The molecule has 2 N–H and O–H groups in total. The molecule has 1 aromatic carbocycles. The van der Waals surface area contributed by atoms with Crippen LogP contribution in [0.5, 0.6) is 0 Å². The Morgan fingerprint density at radius 1 is 1.00 bits per heavy atom. The van der Waals surface area contributed by atoms with Crippen molar-refractivity contribution in [3.8, 4) is 0 Å². The first-order chi connectivity index (χ1) is 6.77. The van der Waals surface area contributed by atoms with Crippen molar-refractivity contribution in [2.24, 2.45) is 0 Å². The van der Waals surface area contributed by atoms with E-state index >= 15 is 0 Å². The molecule has 0 heterocycles. The Morgan fingerprint density at radius 2 is 1.50 bits per heavy atom. The Labute approximate surface area is 84.6 Å². The van der Waals surface area contributed by atoms with E-state index in [1.807, 2.05) is 36.1 Å². The molecule has 0 fully saturated rings. The lowest BCUT2D eigenvalue weighted by Crippen LogP contribution is -2.30. The number of anilines is 1. The number of aliphatic hydroxyl groups is 2. The summed E-state index contributed by atoms with van der Waals surface area (Å²) in [6, 6.07) is 8.05. The Morgan fingerprint density at radius 3 is 1.93 bits per heavy atom. The van der Waals surface area contributed by atoms with Crippen molar-refractivity contribution >= 4 is 5.69 Å². The lowest BCUT2D eigenvalue weighted by Gasteiger charge is -2.09. The summed E-state index contributed by atoms with van der Waals surface area (Å²) in [4.78, 5) is 1.96. The van der Waals surface area contributed by atoms with Gasteiger partial charge in [-0.3, -0.25) is 0 Å². The normalized spacial score (nSPS) is 10.9. The molecule has 1 aromatic rings. The summed E-state index contributed by atoms with van der Waals surface area (Å²) in [6.45, 7) is 3.36. The molecule has 1 rings (SSSR count). The largest absolute Gasteiger partial charge is 0.390 e. The molecule has 0 bridgehead atoms. The Balaban J connectivity index is 2.71. The second-order valence-corrected chi connectivity index (χ2v) is 3.27. The van der Waals surface area contributed by atoms with Crippen molar-refractivity contribution in [2.45, 2.75) is 6.92 Å². The summed E-state index contributed by atoms with van der Waals surface area (Å²) in [5.74, 6) is 0. The van der Waals surface area contributed by atoms with Crippen molar-refractivity contribution in [3.05, 3.63) is 29.8 Å². The van der Waals surface area contributed by atoms with Gasteiger partial charge in [0.2, 0.25) is 0 Å². The van der Waals surface area contributed by atoms with Crippen LogP contribution in [-0.2, 0) is 0 Å². The first-order valence-electron chi connectivity index (χ1n) is 4.81. The molecule has 0 amide bonds. The van der Waals surface area contributed by atoms with Crippen LogP contribution < -0.4 is 4.90 Å². The average molecular weight is 195 g/mol. The molecule has 0 aliphatic carbocycles. The molecule has 1 radical (unpaired) electrons. The molecule has 0 unspecified atom stereocenters. The predicted octanol–water partition coefficient (Wildman–Crippen LogP) is 0.751. The third kappa shape index (κ3) is 3.10. The average Bonchev–Trinajstić information content (AvgIpc) is 2.19. The topological polar surface area (TPSA) is 46.4 Å². The second-order valence-electron chi connectivity index (χ2n) is 3.27. The van der Waals surface area contributed by atoms with Gasteiger partial charge in [0.15, 0.2) is 18.8 Å². The van der Waals surface area contributed by atoms with E-state index in [-0.39, 0.29) is 13.2 Å². The van der Waals surface area contributed by atoms with E-state index in [0.717, 1.165) is 5.69 Å². The van der Waals surface area contributed by atoms with Gasteiger partial charge in [0.1, 0.15) is 0 Å². The van der Waals surface area contributed by atoms with Gasteiger partial charge in [0, 0.05) is 12.1 Å². The lowest BCUT2D eigenvalue weighted by atomic mass is 10.2. The smallest absolute Gasteiger partial charge is 0.180 e. The Kier molecular flexibility index (Phi) is 4.59. The molecule has 3 nitrogen and oxygen atoms in total. The molecule has 77 valence electrons. The molecule has 0 aromatic heterocycles. The molecular weight excluding hydrogens is 178 g/mol. The summed E-state index contributed by atoms with van der Waals surface area (Å²) >= 11 is 0. The third-order valence-corrected chi connectivity index (χ3v) is 2.14. The molecule has 0 saturated carbocycles. The molecule has 0 spiro atoms. The third-order valence-electron chi connectivity index (χ3n) is 2.14. The highest BCUT2D eigenvalue weighted by molar-refractivity contribution is 5.40. The SMILES string of the molecule is Cc1ccc([N+](CCO)CCO)cc1. The van der Waals surface area contributed by atoms with Gasteiger partial charge in [-0.1, -0.05) is 17.7 Å². The van der Waals surface area contributed by atoms with Crippen molar-refractivity contribution < 1.29 is 10.2 Å². The summed E-state index contributed by atoms with van der Waals surface area (Å²) in [6.07, 6.45) is 0. The highest BCUT2D eigenvalue weighted by Gasteiger charge is 2.16. The minimum atomic E-state index is 0.105. The van der Waals surface area contributed by atoms with Crippen LogP contribution in [-0.4, -0.2) is 36.5 Å². The summed E-state index contributed by atoms with van der Waals surface area (Å²) in [7, 11) is 0. The van der Waals surface area contributed by atoms with Gasteiger partial charge in [-0.25, -0.2) is 0 Å². The van der Waals surface area contributed by atoms with Gasteiger partial charge < -0.3 is 10.2 Å². The zero-order valence-electron chi connectivity index (χ0n) is 8.48. The molecule has 0 aliphatic heterocycles. The van der Waals surface area contributed by atoms with E-state index in [9.17, 15) is 0 Å². The fourth-order valence-corrected chi connectivity index (χ4v) is 1.37. The van der Waals surface area contributed by atoms with Gasteiger partial charge in [-0.15, -0.1) is 4.90 Å². The van der Waals surface area contributed by atoms with Crippen molar-refractivity contribution in [1.82, 2.24) is 4.90 Å². The van der Waals surface area contributed by atoms with Crippen LogP contribution in [0, 0.1) is 6.92 Å². The number of benzene rings is 1. The number of rotatable bonds is 5. The van der Waals surface area contributed by atoms with Crippen LogP contribution in [0.4, 0.5) is 5.69 Å². The fourth-order valence-electron chi connectivity index (χ4n) is 1.37. The van der Waals surface area contributed by atoms with Crippen LogP contribution in [0.3, 0.4) is 0 Å². The monoisotopic (exact) mass is 195 g/mol. The van der Waals surface area contributed by atoms with Gasteiger partial charge in [-0.05, 0) is 6.92 Å². The highest BCUT2D eigenvalue weighted by Crippen LogP contribution is 2.13. The van der Waals surface area contributed by atoms with Gasteiger partial charge in [-0.2, -0.15) is 0 Å². The zero-order valence-corrected chi connectivity index (χ0v) is 8.48. The molecule has 0 aliphatic rings.